The number of carbonyl (C=O) groups is 1. The summed E-state index contributed by atoms with van der Waals surface area (Å²) in [5.41, 5.74) is 5.05. The first kappa shape index (κ1) is 12.8. The Hall–Kier alpha value is -1.24. The van der Waals surface area contributed by atoms with E-state index in [2.05, 4.69) is 10.2 Å². The van der Waals surface area contributed by atoms with Gasteiger partial charge in [-0.2, -0.15) is 0 Å². The van der Waals surface area contributed by atoms with E-state index >= 15 is 0 Å². The lowest BCUT2D eigenvalue weighted by Crippen LogP contribution is -2.25. The van der Waals surface area contributed by atoms with E-state index in [4.69, 9.17) is 10.5 Å². The normalized spacial score (nSPS) is 11.5. The average Bonchev–Trinajstić information content (AvgIpc) is 2.42. The second-order valence-electron chi connectivity index (χ2n) is 4.27. The Labute approximate surface area is 98.6 Å². The fraction of sp³-hybridized carbons (Fsp3) is 0.667. The highest BCUT2D eigenvalue weighted by atomic mass is 32.2. The molecule has 0 unspecified atom stereocenters. The lowest BCUT2D eigenvalue weighted by molar-refractivity contribution is -0.151. The Morgan fingerprint density at radius 2 is 2.12 bits per heavy atom. The smallest absolute Gasteiger partial charge is 0.316 e. The minimum Gasteiger partial charge on any atom is -0.459 e. The van der Waals surface area contributed by atoms with Crippen molar-refractivity contribution in [3.05, 3.63) is 0 Å². The molecule has 0 fully saturated rings. The van der Waals surface area contributed by atoms with E-state index in [1.165, 1.54) is 11.8 Å². The summed E-state index contributed by atoms with van der Waals surface area (Å²) in [6.07, 6.45) is 0. The molecule has 0 spiro atoms. The summed E-state index contributed by atoms with van der Waals surface area (Å²) in [5.74, 6) is 0.245. The summed E-state index contributed by atoms with van der Waals surface area (Å²) >= 11 is 1.25. The van der Waals surface area contributed by atoms with Crippen LogP contribution in [0.25, 0.3) is 0 Å². The maximum Gasteiger partial charge on any atom is 0.316 e. The van der Waals surface area contributed by atoms with Crippen LogP contribution in [0.2, 0.25) is 0 Å². The Morgan fingerprint density at radius 1 is 1.50 bits per heavy atom. The van der Waals surface area contributed by atoms with Crippen molar-refractivity contribution < 1.29 is 9.53 Å². The zero-order valence-electron chi connectivity index (χ0n) is 9.85. The van der Waals surface area contributed by atoms with Crippen LogP contribution in [0.15, 0.2) is 5.16 Å². The lowest BCUT2D eigenvalue weighted by atomic mass is 10.2. The number of aromatic nitrogens is 3. The van der Waals surface area contributed by atoms with Crippen molar-refractivity contribution in [2.45, 2.75) is 31.5 Å². The molecule has 0 radical (unpaired) electrons. The second kappa shape index (κ2) is 4.73. The van der Waals surface area contributed by atoms with Gasteiger partial charge in [-0.15, -0.1) is 10.2 Å². The van der Waals surface area contributed by atoms with Crippen molar-refractivity contribution in [3.63, 3.8) is 0 Å². The van der Waals surface area contributed by atoms with Gasteiger partial charge in [0.05, 0.1) is 5.75 Å². The highest BCUT2D eigenvalue weighted by Crippen LogP contribution is 2.17. The molecule has 0 aromatic carbocycles. The molecule has 6 nitrogen and oxygen atoms in total. The van der Waals surface area contributed by atoms with Crippen LogP contribution >= 0.6 is 11.8 Å². The lowest BCUT2D eigenvalue weighted by Gasteiger charge is -2.19. The van der Waals surface area contributed by atoms with Gasteiger partial charge >= 0.3 is 5.97 Å². The van der Waals surface area contributed by atoms with Gasteiger partial charge in [-0.3, -0.25) is 9.36 Å². The highest BCUT2D eigenvalue weighted by molar-refractivity contribution is 7.99. The molecule has 0 aliphatic heterocycles. The third kappa shape index (κ3) is 3.73. The summed E-state index contributed by atoms with van der Waals surface area (Å²) < 4.78 is 6.78. The molecule has 0 amide bonds. The maximum atomic E-state index is 11.4. The number of hydrogen-bond donors (Lipinski definition) is 1. The third-order valence-electron chi connectivity index (χ3n) is 1.61. The van der Waals surface area contributed by atoms with Gasteiger partial charge in [0.1, 0.15) is 5.60 Å². The van der Waals surface area contributed by atoms with Crippen molar-refractivity contribution in [3.8, 4) is 0 Å². The zero-order chi connectivity index (χ0) is 12.3. The Bertz CT molecular complexity index is 383. The topological polar surface area (TPSA) is 83.0 Å². The SMILES string of the molecule is Cn1c(N)nnc1SCC(=O)OC(C)(C)C. The molecule has 0 aliphatic rings. The van der Waals surface area contributed by atoms with Gasteiger partial charge in [0.15, 0.2) is 5.16 Å². The van der Waals surface area contributed by atoms with Crippen LogP contribution in [0.3, 0.4) is 0 Å². The number of hydrogen-bond acceptors (Lipinski definition) is 6. The molecule has 0 aliphatic carbocycles. The van der Waals surface area contributed by atoms with Gasteiger partial charge in [-0.05, 0) is 20.8 Å². The number of carbonyl (C=O) groups excluding carboxylic acids is 1. The number of esters is 1. The van der Waals surface area contributed by atoms with Crippen molar-refractivity contribution in [2.24, 2.45) is 7.05 Å². The van der Waals surface area contributed by atoms with Gasteiger partial charge in [0.25, 0.3) is 0 Å². The zero-order valence-corrected chi connectivity index (χ0v) is 10.7. The molecule has 16 heavy (non-hydrogen) atoms. The largest absolute Gasteiger partial charge is 0.459 e. The first-order chi connectivity index (χ1) is 7.29. The molecule has 7 heteroatoms. The van der Waals surface area contributed by atoms with Gasteiger partial charge in [0, 0.05) is 7.05 Å². The highest BCUT2D eigenvalue weighted by Gasteiger charge is 2.17. The molecule has 1 aromatic heterocycles. The van der Waals surface area contributed by atoms with Gasteiger partial charge in [0.2, 0.25) is 5.95 Å². The van der Waals surface area contributed by atoms with E-state index in [0.29, 0.717) is 11.1 Å². The van der Waals surface area contributed by atoms with Crippen LogP contribution in [-0.2, 0) is 16.6 Å². The number of nitrogen functional groups attached to an aromatic ring is 1. The number of rotatable bonds is 3. The predicted molar refractivity (Wildman–Crippen MR) is 62.0 cm³/mol. The number of nitrogens with zero attached hydrogens (tertiary/aromatic N) is 3. The van der Waals surface area contributed by atoms with Crippen molar-refractivity contribution in [2.75, 3.05) is 11.5 Å². The molecule has 0 saturated heterocycles. The van der Waals surface area contributed by atoms with Crippen LogP contribution in [0.1, 0.15) is 20.8 Å². The van der Waals surface area contributed by atoms with E-state index in [9.17, 15) is 4.79 Å². The van der Waals surface area contributed by atoms with E-state index < -0.39 is 5.60 Å². The number of nitrogens with two attached hydrogens (primary N) is 1. The Kier molecular flexibility index (Phi) is 3.79. The summed E-state index contributed by atoms with van der Waals surface area (Å²) in [7, 11) is 1.74. The second-order valence-corrected chi connectivity index (χ2v) is 5.22. The van der Waals surface area contributed by atoms with Crippen molar-refractivity contribution in [1.29, 1.82) is 0 Å². The summed E-state index contributed by atoms with van der Waals surface area (Å²) in [6, 6.07) is 0. The molecule has 90 valence electrons. The quantitative estimate of drug-likeness (QED) is 0.626. The fourth-order valence-corrected chi connectivity index (χ4v) is 1.64. The molecule has 2 N–H and O–H groups in total. The minimum atomic E-state index is -0.462. The van der Waals surface area contributed by atoms with Crippen LogP contribution in [0, 0.1) is 0 Å². The van der Waals surface area contributed by atoms with E-state index in [-0.39, 0.29) is 11.7 Å². The molecule has 0 bridgehead atoms. The van der Waals surface area contributed by atoms with Crippen molar-refractivity contribution >= 4 is 23.7 Å². The Balaban J connectivity index is 2.47. The third-order valence-corrected chi connectivity index (χ3v) is 2.60. The van der Waals surface area contributed by atoms with E-state index in [0.717, 1.165) is 0 Å². The predicted octanol–water partition coefficient (Wildman–Crippen LogP) is 0.831. The van der Waals surface area contributed by atoms with Gasteiger partial charge in [-0.25, -0.2) is 0 Å². The van der Waals surface area contributed by atoms with Gasteiger partial charge in [-0.1, -0.05) is 11.8 Å². The molecule has 0 atom stereocenters. The maximum absolute atomic E-state index is 11.4. The monoisotopic (exact) mass is 244 g/mol. The molecular weight excluding hydrogens is 228 g/mol. The van der Waals surface area contributed by atoms with Crippen LogP contribution in [-0.4, -0.2) is 32.1 Å². The molecule has 1 aromatic rings. The molecule has 0 saturated carbocycles. The van der Waals surface area contributed by atoms with Crippen molar-refractivity contribution in [1.82, 2.24) is 14.8 Å². The molecule has 1 heterocycles. The number of anilines is 1. The standard InChI is InChI=1S/C9H16N4O2S/c1-9(2,3)15-6(14)5-16-8-12-11-7(10)13(8)4/h5H2,1-4H3,(H2,10,11). The number of ether oxygens (including phenoxy) is 1. The first-order valence-corrected chi connectivity index (χ1v) is 5.77. The first-order valence-electron chi connectivity index (χ1n) is 4.79. The van der Waals surface area contributed by atoms with Crippen LogP contribution < -0.4 is 5.73 Å². The fourth-order valence-electron chi connectivity index (χ4n) is 0.946. The van der Waals surface area contributed by atoms with Gasteiger partial charge < -0.3 is 10.5 Å². The van der Waals surface area contributed by atoms with E-state index in [1.807, 2.05) is 20.8 Å². The average molecular weight is 244 g/mol. The van der Waals surface area contributed by atoms with Crippen LogP contribution in [0.5, 0.6) is 0 Å². The summed E-state index contributed by atoms with van der Waals surface area (Å²) in [5, 5.41) is 8.11. The Morgan fingerprint density at radius 3 is 2.56 bits per heavy atom. The van der Waals surface area contributed by atoms with E-state index in [1.54, 1.807) is 11.6 Å². The van der Waals surface area contributed by atoms with Crippen LogP contribution in [0.4, 0.5) is 5.95 Å². The number of thioether (sulfide) groups is 1. The molecular formula is C9H16N4O2S. The minimum absolute atomic E-state index is 0.198. The summed E-state index contributed by atoms with van der Waals surface area (Å²) in [6.45, 7) is 5.49. The summed E-state index contributed by atoms with van der Waals surface area (Å²) in [4.78, 5) is 11.4. The molecule has 1 rings (SSSR count).